The molecule has 1 aromatic rings. The van der Waals surface area contributed by atoms with Gasteiger partial charge in [0.05, 0.1) is 10.0 Å². The van der Waals surface area contributed by atoms with E-state index in [2.05, 4.69) is 15.5 Å². The fraction of sp³-hybridized carbons (Fsp3) is 0.533. The number of thiocarbonyl (C=S) groups is 1. The molecule has 3 nitrogen and oxygen atoms in total. The van der Waals surface area contributed by atoms with Gasteiger partial charge in [0.25, 0.3) is 0 Å². The lowest BCUT2D eigenvalue weighted by Gasteiger charge is -2.26. The van der Waals surface area contributed by atoms with Crippen molar-refractivity contribution in [2.75, 3.05) is 26.2 Å². The van der Waals surface area contributed by atoms with Crippen LogP contribution in [0.4, 0.5) is 0 Å². The van der Waals surface area contributed by atoms with Gasteiger partial charge in [0.2, 0.25) is 0 Å². The minimum atomic E-state index is 0.569. The topological polar surface area (TPSA) is 27.3 Å². The third-order valence-electron chi connectivity index (χ3n) is 3.60. The van der Waals surface area contributed by atoms with Crippen LogP contribution < -0.4 is 10.6 Å². The van der Waals surface area contributed by atoms with E-state index >= 15 is 0 Å². The number of halogens is 2. The SMILES string of the molecule is S=C(NCCN1CCCCC1)NCc1ccc(Cl)c(Cl)c1. The van der Waals surface area contributed by atoms with Crippen molar-refractivity contribution in [1.82, 2.24) is 15.5 Å². The Labute approximate surface area is 142 Å². The number of benzene rings is 1. The second kappa shape index (κ2) is 8.79. The Kier molecular flexibility index (Phi) is 7.04. The molecule has 0 aromatic heterocycles. The molecule has 0 atom stereocenters. The summed E-state index contributed by atoms with van der Waals surface area (Å²) in [6, 6.07) is 5.60. The summed E-state index contributed by atoms with van der Waals surface area (Å²) in [5.74, 6) is 0. The highest BCUT2D eigenvalue weighted by Crippen LogP contribution is 2.22. The van der Waals surface area contributed by atoms with Gasteiger partial charge < -0.3 is 15.5 Å². The van der Waals surface area contributed by atoms with E-state index in [0.29, 0.717) is 21.7 Å². The number of nitrogens with zero attached hydrogens (tertiary/aromatic N) is 1. The van der Waals surface area contributed by atoms with Gasteiger partial charge >= 0.3 is 0 Å². The summed E-state index contributed by atoms with van der Waals surface area (Å²) in [7, 11) is 0. The molecular weight excluding hydrogens is 325 g/mol. The Bertz CT molecular complexity index is 476. The molecule has 1 fully saturated rings. The summed E-state index contributed by atoms with van der Waals surface area (Å²) < 4.78 is 0. The lowest BCUT2D eigenvalue weighted by molar-refractivity contribution is 0.232. The van der Waals surface area contributed by atoms with Crippen LogP contribution >= 0.6 is 35.4 Å². The summed E-state index contributed by atoms with van der Waals surface area (Å²) in [6.45, 7) is 5.00. The summed E-state index contributed by atoms with van der Waals surface area (Å²) in [5, 5.41) is 8.25. The van der Waals surface area contributed by atoms with Crippen molar-refractivity contribution >= 4 is 40.5 Å². The van der Waals surface area contributed by atoms with Crippen LogP contribution in [0.15, 0.2) is 18.2 Å². The minimum absolute atomic E-state index is 0.569. The zero-order chi connectivity index (χ0) is 15.1. The third-order valence-corrected chi connectivity index (χ3v) is 4.63. The quantitative estimate of drug-likeness (QED) is 0.799. The van der Waals surface area contributed by atoms with Gasteiger partial charge in [-0.05, 0) is 55.8 Å². The van der Waals surface area contributed by atoms with Crippen molar-refractivity contribution in [3.63, 3.8) is 0 Å². The number of piperidine rings is 1. The predicted molar refractivity (Wildman–Crippen MR) is 94.2 cm³/mol. The maximum Gasteiger partial charge on any atom is 0.166 e. The molecular formula is C15H21Cl2N3S. The first kappa shape index (κ1) is 16.8. The molecule has 6 heteroatoms. The molecule has 21 heavy (non-hydrogen) atoms. The first-order valence-electron chi connectivity index (χ1n) is 7.33. The zero-order valence-corrected chi connectivity index (χ0v) is 14.3. The lowest BCUT2D eigenvalue weighted by atomic mass is 10.1. The van der Waals surface area contributed by atoms with Crippen molar-refractivity contribution < 1.29 is 0 Å². The average Bonchev–Trinajstić information content (AvgIpc) is 2.49. The number of hydrogen-bond acceptors (Lipinski definition) is 2. The van der Waals surface area contributed by atoms with Gasteiger partial charge in [0.15, 0.2) is 5.11 Å². The average molecular weight is 346 g/mol. The minimum Gasteiger partial charge on any atom is -0.361 e. The molecule has 1 aliphatic heterocycles. The maximum atomic E-state index is 5.99. The lowest BCUT2D eigenvalue weighted by Crippen LogP contribution is -2.41. The van der Waals surface area contributed by atoms with E-state index in [1.165, 1.54) is 32.4 Å². The fourth-order valence-electron chi connectivity index (χ4n) is 2.40. The Morgan fingerprint density at radius 3 is 2.57 bits per heavy atom. The van der Waals surface area contributed by atoms with Gasteiger partial charge in [-0.1, -0.05) is 35.7 Å². The molecule has 0 aliphatic carbocycles. The van der Waals surface area contributed by atoms with Crippen LogP contribution in [0.3, 0.4) is 0 Å². The fourth-order valence-corrected chi connectivity index (χ4v) is 2.90. The smallest absolute Gasteiger partial charge is 0.166 e. The number of nitrogens with one attached hydrogen (secondary N) is 2. The summed E-state index contributed by atoms with van der Waals surface area (Å²) in [5.41, 5.74) is 1.06. The van der Waals surface area contributed by atoms with Gasteiger partial charge in [0, 0.05) is 19.6 Å². The Balaban J connectivity index is 1.63. The van der Waals surface area contributed by atoms with Gasteiger partial charge in [-0.25, -0.2) is 0 Å². The normalized spacial score (nSPS) is 15.7. The first-order valence-corrected chi connectivity index (χ1v) is 8.49. The molecule has 1 saturated heterocycles. The highest BCUT2D eigenvalue weighted by molar-refractivity contribution is 7.80. The van der Waals surface area contributed by atoms with Crippen molar-refractivity contribution in [3.05, 3.63) is 33.8 Å². The standard InChI is InChI=1S/C15H21Cl2N3S/c16-13-5-4-12(10-14(13)17)11-19-15(21)18-6-9-20-7-2-1-3-8-20/h4-5,10H,1-3,6-9,11H2,(H2,18,19,21). The van der Waals surface area contributed by atoms with E-state index in [-0.39, 0.29) is 0 Å². The molecule has 0 bridgehead atoms. The predicted octanol–water partition coefficient (Wildman–Crippen LogP) is 3.44. The monoisotopic (exact) mass is 345 g/mol. The van der Waals surface area contributed by atoms with Crippen LogP contribution in [-0.4, -0.2) is 36.2 Å². The van der Waals surface area contributed by atoms with Crippen LogP contribution in [0.1, 0.15) is 24.8 Å². The molecule has 116 valence electrons. The van der Waals surface area contributed by atoms with Gasteiger partial charge in [-0.15, -0.1) is 0 Å². The molecule has 0 saturated carbocycles. The van der Waals surface area contributed by atoms with E-state index in [1.54, 1.807) is 6.07 Å². The molecule has 1 aromatic carbocycles. The van der Waals surface area contributed by atoms with Crippen LogP contribution in [-0.2, 0) is 6.54 Å². The molecule has 1 aliphatic rings. The van der Waals surface area contributed by atoms with Crippen molar-refractivity contribution in [2.24, 2.45) is 0 Å². The van der Waals surface area contributed by atoms with Crippen LogP contribution in [0.5, 0.6) is 0 Å². The van der Waals surface area contributed by atoms with E-state index in [9.17, 15) is 0 Å². The zero-order valence-electron chi connectivity index (χ0n) is 12.0. The second-order valence-electron chi connectivity index (χ2n) is 5.26. The largest absolute Gasteiger partial charge is 0.361 e. The Morgan fingerprint density at radius 2 is 1.86 bits per heavy atom. The summed E-state index contributed by atoms with van der Waals surface area (Å²) in [4.78, 5) is 2.48. The van der Waals surface area contributed by atoms with Gasteiger partial charge in [0.1, 0.15) is 0 Å². The highest BCUT2D eigenvalue weighted by atomic mass is 35.5. The maximum absolute atomic E-state index is 5.99. The number of rotatable bonds is 5. The van der Waals surface area contributed by atoms with E-state index in [4.69, 9.17) is 35.4 Å². The first-order chi connectivity index (χ1) is 10.1. The molecule has 0 amide bonds. The summed E-state index contributed by atoms with van der Waals surface area (Å²) in [6.07, 6.45) is 4.01. The molecule has 2 rings (SSSR count). The third kappa shape index (κ3) is 5.99. The van der Waals surface area contributed by atoms with Crippen molar-refractivity contribution in [2.45, 2.75) is 25.8 Å². The van der Waals surface area contributed by atoms with E-state index < -0.39 is 0 Å². The Hall–Kier alpha value is -0.550. The van der Waals surface area contributed by atoms with E-state index in [1.807, 2.05) is 12.1 Å². The molecule has 1 heterocycles. The molecule has 2 N–H and O–H groups in total. The summed E-state index contributed by atoms with van der Waals surface area (Å²) >= 11 is 17.2. The number of hydrogen-bond donors (Lipinski definition) is 2. The van der Waals surface area contributed by atoms with Crippen LogP contribution in [0, 0.1) is 0 Å². The van der Waals surface area contributed by atoms with Crippen molar-refractivity contribution in [3.8, 4) is 0 Å². The highest BCUT2D eigenvalue weighted by Gasteiger charge is 2.09. The molecule has 0 unspecified atom stereocenters. The van der Waals surface area contributed by atoms with Gasteiger partial charge in [-0.3, -0.25) is 0 Å². The van der Waals surface area contributed by atoms with Crippen LogP contribution in [0.2, 0.25) is 10.0 Å². The second-order valence-corrected chi connectivity index (χ2v) is 6.48. The van der Waals surface area contributed by atoms with Crippen molar-refractivity contribution in [1.29, 1.82) is 0 Å². The molecule has 0 radical (unpaired) electrons. The van der Waals surface area contributed by atoms with E-state index in [0.717, 1.165) is 18.7 Å². The van der Waals surface area contributed by atoms with Gasteiger partial charge in [-0.2, -0.15) is 0 Å². The Morgan fingerprint density at radius 1 is 1.10 bits per heavy atom. The molecule has 0 spiro atoms. The number of likely N-dealkylation sites (tertiary alicyclic amines) is 1. The van der Waals surface area contributed by atoms with Crippen LogP contribution in [0.25, 0.3) is 0 Å².